The predicted molar refractivity (Wildman–Crippen MR) is 115 cm³/mol. The number of hydrogen-bond donors (Lipinski definition) is 7. The third-order valence-electron chi connectivity index (χ3n) is 4.08. The molecule has 0 saturated carbocycles. The van der Waals surface area contributed by atoms with Crippen LogP contribution in [0.2, 0.25) is 0 Å². The average molecular weight is 453 g/mol. The monoisotopic (exact) mass is 452 g/mol. The molecule has 5 atom stereocenters. The minimum atomic E-state index is -1.53. The summed E-state index contributed by atoms with van der Waals surface area (Å²) in [7, 11) is 0. The molecule has 0 bridgehead atoms. The van der Waals surface area contributed by atoms with Crippen LogP contribution >= 0.6 is 24.4 Å². The molecule has 29 heavy (non-hydrogen) atoms. The van der Waals surface area contributed by atoms with Crippen molar-refractivity contribution < 1.29 is 29.4 Å². The van der Waals surface area contributed by atoms with Gasteiger partial charge in [0.1, 0.15) is 12.1 Å². The Morgan fingerprint density at radius 1 is 1.00 bits per heavy atom. The Kier molecular flexibility index (Phi) is 13.0. The van der Waals surface area contributed by atoms with Gasteiger partial charge in [0, 0.05) is 5.75 Å². The summed E-state index contributed by atoms with van der Waals surface area (Å²) < 4.78 is 0. The lowest BCUT2D eigenvalue weighted by Crippen LogP contribution is -2.59. The number of aliphatic hydroxyl groups excluding tert-OH is 1. The summed E-state index contributed by atoms with van der Waals surface area (Å²) >= 11 is 5.57. The lowest BCUT2D eigenvalue weighted by Gasteiger charge is -2.26. The molecule has 10 nitrogen and oxygen atoms in total. The van der Waals surface area contributed by atoms with Gasteiger partial charge in [0.2, 0.25) is 17.7 Å². The van der Waals surface area contributed by atoms with Crippen LogP contribution in [0.3, 0.4) is 0 Å². The van der Waals surface area contributed by atoms with Gasteiger partial charge < -0.3 is 31.9 Å². The minimum Gasteiger partial charge on any atom is -0.480 e. The van der Waals surface area contributed by atoms with Crippen molar-refractivity contribution in [2.75, 3.05) is 17.8 Å². The van der Waals surface area contributed by atoms with Gasteiger partial charge >= 0.3 is 5.97 Å². The summed E-state index contributed by atoms with van der Waals surface area (Å²) in [5.41, 5.74) is 5.83. The fourth-order valence-corrected chi connectivity index (χ4v) is 3.02. The van der Waals surface area contributed by atoms with Crippen LogP contribution in [0, 0.1) is 5.92 Å². The van der Waals surface area contributed by atoms with Crippen LogP contribution in [-0.2, 0) is 19.2 Å². The Bertz CT molecular complexity index is 576. The van der Waals surface area contributed by atoms with E-state index in [2.05, 4.69) is 28.6 Å². The number of hydrogen-bond acceptors (Lipinski definition) is 8. The van der Waals surface area contributed by atoms with E-state index in [4.69, 9.17) is 10.8 Å². The number of nitrogens with one attached hydrogen (secondary N) is 3. The van der Waals surface area contributed by atoms with Crippen LogP contribution in [0.25, 0.3) is 0 Å². The Morgan fingerprint density at radius 3 is 1.97 bits per heavy atom. The predicted octanol–water partition coefficient (Wildman–Crippen LogP) is -1.43. The topological polar surface area (TPSA) is 171 Å². The molecule has 0 fully saturated rings. The highest BCUT2D eigenvalue weighted by molar-refractivity contribution is 7.98. The highest BCUT2D eigenvalue weighted by atomic mass is 32.2. The lowest BCUT2D eigenvalue weighted by atomic mass is 10.0. The van der Waals surface area contributed by atoms with Gasteiger partial charge in [-0.1, -0.05) is 13.8 Å². The SMILES string of the molecule is CSCCC(N)C(=O)NC(C(=O)NC(CS)C(=O)NC(C(=O)O)C(C)O)C(C)C. The molecule has 0 rings (SSSR count). The summed E-state index contributed by atoms with van der Waals surface area (Å²) in [5.74, 6) is -3.03. The van der Waals surface area contributed by atoms with Gasteiger partial charge in [-0.3, -0.25) is 14.4 Å². The number of thioether (sulfide) groups is 1. The summed E-state index contributed by atoms with van der Waals surface area (Å²) in [6.07, 6.45) is 1.01. The third-order valence-corrected chi connectivity index (χ3v) is 5.09. The van der Waals surface area contributed by atoms with Crippen LogP contribution in [0.15, 0.2) is 0 Å². The number of aliphatic hydroxyl groups is 1. The maximum Gasteiger partial charge on any atom is 0.328 e. The highest BCUT2D eigenvalue weighted by Crippen LogP contribution is 2.06. The van der Waals surface area contributed by atoms with Gasteiger partial charge in [-0.2, -0.15) is 24.4 Å². The Balaban J connectivity index is 5.10. The van der Waals surface area contributed by atoms with E-state index >= 15 is 0 Å². The number of carboxylic acid groups (broad SMARTS) is 1. The Morgan fingerprint density at radius 2 is 1.55 bits per heavy atom. The highest BCUT2D eigenvalue weighted by Gasteiger charge is 2.32. The third kappa shape index (κ3) is 9.70. The molecule has 0 radical (unpaired) electrons. The van der Waals surface area contributed by atoms with Gasteiger partial charge in [-0.15, -0.1) is 0 Å². The Hall–Kier alpha value is -1.50. The second-order valence-corrected chi connectivity index (χ2v) is 8.28. The lowest BCUT2D eigenvalue weighted by molar-refractivity contribution is -0.145. The summed E-state index contributed by atoms with van der Waals surface area (Å²) in [4.78, 5) is 48.3. The zero-order valence-corrected chi connectivity index (χ0v) is 18.8. The maximum atomic E-state index is 12.6. The fourth-order valence-electron chi connectivity index (χ4n) is 2.27. The first-order valence-corrected chi connectivity index (χ1v) is 11.2. The van der Waals surface area contributed by atoms with E-state index in [9.17, 15) is 24.3 Å². The zero-order valence-electron chi connectivity index (χ0n) is 17.0. The number of carbonyl (C=O) groups is 4. The van der Waals surface area contributed by atoms with E-state index in [0.717, 1.165) is 0 Å². The number of carbonyl (C=O) groups excluding carboxylic acids is 3. The molecule has 12 heteroatoms. The normalized spacial score (nSPS) is 16.3. The first-order chi connectivity index (χ1) is 13.5. The molecule has 0 aliphatic heterocycles. The van der Waals surface area contributed by atoms with Crippen molar-refractivity contribution in [2.24, 2.45) is 11.7 Å². The first-order valence-electron chi connectivity index (χ1n) is 9.13. The molecule has 0 aliphatic carbocycles. The zero-order chi connectivity index (χ0) is 22.7. The van der Waals surface area contributed by atoms with Crippen LogP contribution in [0.1, 0.15) is 27.2 Å². The van der Waals surface area contributed by atoms with Crippen molar-refractivity contribution in [3.05, 3.63) is 0 Å². The van der Waals surface area contributed by atoms with E-state index in [1.165, 1.54) is 6.92 Å². The summed E-state index contributed by atoms with van der Waals surface area (Å²) in [6, 6.07) is -4.39. The minimum absolute atomic E-state index is 0.115. The molecule has 0 aromatic rings. The number of nitrogens with two attached hydrogens (primary N) is 1. The largest absolute Gasteiger partial charge is 0.480 e. The molecule has 7 N–H and O–H groups in total. The smallest absolute Gasteiger partial charge is 0.328 e. The molecular formula is C17H32N4O6S2. The van der Waals surface area contributed by atoms with Crippen LogP contribution in [0.5, 0.6) is 0 Å². The van der Waals surface area contributed by atoms with E-state index in [-0.39, 0.29) is 11.7 Å². The van der Waals surface area contributed by atoms with Crippen molar-refractivity contribution in [3.63, 3.8) is 0 Å². The van der Waals surface area contributed by atoms with Crippen LogP contribution in [-0.4, -0.2) is 81.9 Å². The molecule has 5 unspecified atom stereocenters. The van der Waals surface area contributed by atoms with E-state index in [1.54, 1.807) is 25.6 Å². The van der Waals surface area contributed by atoms with Crippen LogP contribution in [0.4, 0.5) is 0 Å². The molecule has 0 heterocycles. The summed E-state index contributed by atoms with van der Waals surface area (Å²) in [6.45, 7) is 4.67. The van der Waals surface area contributed by atoms with E-state index in [1.807, 2.05) is 6.26 Å². The van der Waals surface area contributed by atoms with Gasteiger partial charge in [0.25, 0.3) is 0 Å². The maximum absolute atomic E-state index is 12.6. The molecule has 3 amide bonds. The van der Waals surface area contributed by atoms with Gasteiger partial charge in [-0.25, -0.2) is 4.79 Å². The second-order valence-electron chi connectivity index (χ2n) is 6.93. The molecule has 0 spiro atoms. The molecule has 0 saturated heterocycles. The molecular weight excluding hydrogens is 420 g/mol. The van der Waals surface area contributed by atoms with Crippen molar-refractivity contribution >= 4 is 48.1 Å². The van der Waals surface area contributed by atoms with Gasteiger partial charge in [-0.05, 0) is 31.3 Å². The number of rotatable bonds is 13. The van der Waals surface area contributed by atoms with E-state index in [0.29, 0.717) is 12.2 Å². The van der Waals surface area contributed by atoms with Crippen LogP contribution < -0.4 is 21.7 Å². The number of amides is 3. The van der Waals surface area contributed by atoms with Gasteiger partial charge in [0.05, 0.1) is 12.1 Å². The number of thiol groups is 1. The standard InChI is InChI=1S/C17H32N4O6S2/c1-8(2)12(20-14(23)10(18)5-6-29-4)16(25)19-11(7-28)15(24)21-13(9(3)22)17(26)27/h8-13,22,28H,5-7,18H2,1-4H3,(H,19,25)(H,20,23)(H,21,24)(H,26,27). The van der Waals surface area contributed by atoms with Crippen molar-refractivity contribution in [1.82, 2.24) is 16.0 Å². The second kappa shape index (κ2) is 13.7. The first kappa shape index (κ1) is 27.5. The van der Waals surface area contributed by atoms with Crippen molar-refractivity contribution in [3.8, 4) is 0 Å². The van der Waals surface area contributed by atoms with Gasteiger partial charge in [0.15, 0.2) is 6.04 Å². The fraction of sp³-hybridized carbons (Fsp3) is 0.765. The summed E-state index contributed by atoms with van der Waals surface area (Å²) in [5, 5.41) is 25.8. The molecule has 0 aromatic heterocycles. The molecule has 168 valence electrons. The average Bonchev–Trinajstić information content (AvgIpc) is 2.64. The van der Waals surface area contributed by atoms with Crippen molar-refractivity contribution in [1.29, 1.82) is 0 Å². The quantitative estimate of drug-likeness (QED) is 0.167. The molecule has 0 aromatic carbocycles. The number of carboxylic acids is 1. The van der Waals surface area contributed by atoms with Crippen molar-refractivity contribution in [2.45, 2.75) is 57.5 Å². The Labute approximate surface area is 180 Å². The number of aliphatic carboxylic acids is 1. The van der Waals surface area contributed by atoms with E-state index < -0.39 is 54.0 Å². The molecule has 0 aliphatic rings.